The number of aromatic nitrogens is 1. The van der Waals surface area contributed by atoms with E-state index in [1.807, 2.05) is 25.3 Å². The molecule has 0 bridgehead atoms. The number of furan rings is 1. The number of aryl methyl sites for hydroxylation is 1. The Bertz CT molecular complexity index is 422. The van der Waals surface area contributed by atoms with E-state index in [1.165, 1.54) is 4.88 Å². The largest absolute Gasteiger partial charge is 0.469 e. The maximum Gasteiger partial charge on any atom is 0.105 e. The molecule has 0 spiro atoms. The van der Waals surface area contributed by atoms with E-state index in [9.17, 15) is 0 Å². The van der Waals surface area contributed by atoms with Crippen molar-refractivity contribution in [3.05, 3.63) is 40.2 Å². The molecule has 0 saturated heterocycles. The zero-order chi connectivity index (χ0) is 11.4. The highest BCUT2D eigenvalue weighted by Gasteiger charge is 2.14. The predicted molar refractivity (Wildman–Crippen MR) is 65.7 cm³/mol. The molecule has 0 radical (unpaired) electrons. The highest BCUT2D eigenvalue weighted by Crippen LogP contribution is 2.23. The molecule has 0 fully saturated rings. The van der Waals surface area contributed by atoms with E-state index in [4.69, 9.17) is 4.42 Å². The molecule has 4 heteroatoms. The zero-order valence-electron chi connectivity index (χ0n) is 9.56. The van der Waals surface area contributed by atoms with Crippen molar-refractivity contribution in [3.8, 4) is 0 Å². The van der Waals surface area contributed by atoms with Crippen LogP contribution in [0.15, 0.2) is 29.0 Å². The van der Waals surface area contributed by atoms with Gasteiger partial charge in [-0.1, -0.05) is 6.92 Å². The first kappa shape index (κ1) is 11.4. The van der Waals surface area contributed by atoms with Crippen molar-refractivity contribution in [1.29, 1.82) is 0 Å². The number of nitrogens with zero attached hydrogens (tertiary/aromatic N) is 1. The molecule has 0 aliphatic carbocycles. The molecule has 2 heterocycles. The van der Waals surface area contributed by atoms with Crippen molar-refractivity contribution in [1.82, 2.24) is 10.3 Å². The fraction of sp³-hybridized carbons (Fsp3) is 0.417. The summed E-state index contributed by atoms with van der Waals surface area (Å²) >= 11 is 1.74. The standard InChI is InChI=1S/C12H16N2OS/c1-3-13-11(7-10-5-4-6-15-10)12-8-14-9(2)16-12/h4-6,8,11,13H,3,7H2,1-2H3. The molecule has 1 N–H and O–H groups in total. The predicted octanol–water partition coefficient (Wildman–Crippen LogP) is 2.94. The van der Waals surface area contributed by atoms with Crippen LogP contribution < -0.4 is 5.32 Å². The molecule has 0 amide bonds. The number of hydrogen-bond donors (Lipinski definition) is 1. The third kappa shape index (κ3) is 2.71. The van der Waals surface area contributed by atoms with Gasteiger partial charge in [-0.25, -0.2) is 4.98 Å². The van der Waals surface area contributed by atoms with E-state index in [0.717, 1.165) is 23.7 Å². The van der Waals surface area contributed by atoms with E-state index in [-0.39, 0.29) is 0 Å². The average Bonchev–Trinajstić information content (AvgIpc) is 2.88. The fourth-order valence-electron chi connectivity index (χ4n) is 1.69. The van der Waals surface area contributed by atoms with Crippen molar-refractivity contribution in [3.63, 3.8) is 0 Å². The third-order valence-corrected chi connectivity index (χ3v) is 3.44. The van der Waals surface area contributed by atoms with Gasteiger partial charge in [0.25, 0.3) is 0 Å². The van der Waals surface area contributed by atoms with Crippen LogP contribution in [0.1, 0.15) is 28.6 Å². The monoisotopic (exact) mass is 236 g/mol. The highest BCUT2D eigenvalue weighted by atomic mass is 32.1. The normalized spacial score (nSPS) is 12.9. The van der Waals surface area contributed by atoms with Gasteiger partial charge in [0.15, 0.2) is 0 Å². The minimum atomic E-state index is 0.308. The molecule has 0 aliphatic heterocycles. The molecular formula is C12H16N2OS. The molecule has 2 aromatic heterocycles. The second-order valence-electron chi connectivity index (χ2n) is 3.68. The van der Waals surface area contributed by atoms with Crippen LogP contribution in [-0.4, -0.2) is 11.5 Å². The molecule has 3 nitrogen and oxygen atoms in total. The van der Waals surface area contributed by atoms with Crippen LogP contribution in [0, 0.1) is 6.92 Å². The summed E-state index contributed by atoms with van der Waals surface area (Å²) in [4.78, 5) is 5.57. The number of rotatable bonds is 5. The molecular weight excluding hydrogens is 220 g/mol. The molecule has 0 aromatic carbocycles. The van der Waals surface area contributed by atoms with Crippen LogP contribution in [0.2, 0.25) is 0 Å². The van der Waals surface area contributed by atoms with Crippen molar-refractivity contribution in [2.75, 3.05) is 6.54 Å². The van der Waals surface area contributed by atoms with Crippen LogP contribution >= 0.6 is 11.3 Å². The number of likely N-dealkylation sites (N-methyl/N-ethyl adjacent to an activating group) is 1. The van der Waals surface area contributed by atoms with Crippen molar-refractivity contribution < 1.29 is 4.42 Å². The first-order valence-corrected chi connectivity index (χ1v) is 6.29. The van der Waals surface area contributed by atoms with Gasteiger partial charge in [0, 0.05) is 17.5 Å². The summed E-state index contributed by atoms with van der Waals surface area (Å²) in [7, 11) is 0. The van der Waals surface area contributed by atoms with Crippen LogP contribution in [0.4, 0.5) is 0 Å². The Morgan fingerprint density at radius 2 is 2.44 bits per heavy atom. The summed E-state index contributed by atoms with van der Waals surface area (Å²) in [5.41, 5.74) is 0. The summed E-state index contributed by atoms with van der Waals surface area (Å²) in [6.45, 7) is 5.09. The van der Waals surface area contributed by atoms with Crippen molar-refractivity contribution in [2.24, 2.45) is 0 Å². The van der Waals surface area contributed by atoms with Crippen LogP contribution in [0.5, 0.6) is 0 Å². The first-order valence-electron chi connectivity index (χ1n) is 5.47. The van der Waals surface area contributed by atoms with Gasteiger partial charge in [-0.2, -0.15) is 0 Å². The molecule has 2 rings (SSSR count). The molecule has 1 atom stereocenters. The molecule has 1 unspecified atom stereocenters. The Morgan fingerprint density at radius 3 is 3.00 bits per heavy atom. The van der Waals surface area contributed by atoms with E-state index in [1.54, 1.807) is 17.6 Å². The second kappa shape index (κ2) is 5.27. The van der Waals surface area contributed by atoms with Gasteiger partial charge in [-0.3, -0.25) is 0 Å². The van der Waals surface area contributed by atoms with Gasteiger partial charge in [-0.15, -0.1) is 11.3 Å². The van der Waals surface area contributed by atoms with E-state index >= 15 is 0 Å². The van der Waals surface area contributed by atoms with Gasteiger partial charge in [0.1, 0.15) is 5.76 Å². The van der Waals surface area contributed by atoms with Gasteiger partial charge >= 0.3 is 0 Å². The summed E-state index contributed by atoms with van der Waals surface area (Å²) in [5.74, 6) is 1.01. The van der Waals surface area contributed by atoms with Gasteiger partial charge < -0.3 is 9.73 Å². The fourth-order valence-corrected chi connectivity index (χ4v) is 2.55. The summed E-state index contributed by atoms with van der Waals surface area (Å²) in [6, 6.07) is 4.25. The van der Waals surface area contributed by atoms with Crippen molar-refractivity contribution >= 4 is 11.3 Å². The highest BCUT2D eigenvalue weighted by molar-refractivity contribution is 7.11. The van der Waals surface area contributed by atoms with Gasteiger partial charge in [-0.05, 0) is 25.6 Å². The van der Waals surface area contributed by atoms with Gasteiger partial charge in [0.05, 0.1) is 17.3 Å². The minimum absolute atomic E-state index is 0.308. The van der Waals surface area contributed by atoms with E-state index in [0.29, 0.717) is 6.04 Å². The first-order chi connectivity index (χ1) is 7.79. The SMILES string of the molecule is CCNC(Cc1ccco1)c1cnc(C)s1. The third-order valence-electron chi connectivity index (χ3n) is 2.42. The molecule has 86 valence electrons. The lowest BCUT2D eigenvalue weighted by molar-refractivity contribution is 0.458. The maximum atomic E-state index is 5.38. The quantitative estimate of drug-likeness (QED) is 0.867. The zero-order valence-corrected chi connectivity index (χ0v) is 10.4. The van der Waals surface area contributed by atoms with Gasteiger partial charge in [0.2, 0.25) is 0 Å². The molecule has 16 heavy (non-hydrogen) atoms. The Labute approximate surface area is 99.5 Å². The maximum absolute atomic E-state index is 5.38. The Balaban J connectivity index is 2.11. The number of hydrogen-bond acceptors (Lipinski definition) is 4. The Hall–Kier alpha value is -1.13. The van der Waals surface area contributed by atoms with E-state index < -0.39 is 0 Å². The summed E-state index contributed by atoms with van der Waals surface area (Å²) < 4.78 is 5.38. The summed E-state index contributed by atoms with van der Waals surface area (Å²) in [6.07, 6.45) is 4.55. The lowest BCUT2D eigenvalue weighted by Gasteiger charge is -2.14. The second-order valence-corrected chi connectivity index (χ2v) is 4.94. The lowest BCUT2D eigenvalue weighted by Crippen LogP contribution is -2.21. The topological polar surface area (TPSA) is 38.1 Å². The lowest BCUT2D eigenvalue weighted by atomic mass is 10.1. The Kier molecular flexibility index (Phi) is 3.74. The minimum Gasteiger partial charge on any atom is -0.469 e. The number of nitrogens with one attached hydrogen (secondary N) is 1. The number of thiazole rings is 1. The Morgan fingerprint density at radius 1 is 1.56 bits per heavy atom. The average molecular weight is 236 g/mol. The smallest absolute Gasteiger partial charge is 0.105 e. The van der Waals surface area contributed by atoms with Crippen LogP contribution in [0.3, 0.4) is 0 Å². The summed E-state index contributed by atoms with van der Waals surface area (Å²) in [5, 5.41) is 4.57. The van der Waals surface area contributed by atoms with Crippen LogP contribution in [-0.2, 0) is 6.42 Å². The molecule has 2 aromatic rings. The molecule has 0 saturated carbocycles. The molecule has 0 aliphatic rings. The van der Waals surface area contributed by atoms with E-state index in [2.05, 4.69) is 17.2 Å². The van der Waals surface area contributed by atoms with Crippen LogP contribution in [0.25, 0.3) is 0 Å². The van der Waals surface area contributed by atoms with Crippen molar-refractivity contribution in [2.45, 2.75) is 26.3 Å².